The number of aromatic amines is 1. The minimum atomic E-state index is -0.192. The molecule has 3 aromatic heterocycles. The molecular weight excluding hydrogens is 326 g/mol. The predicted molar refractivity (Wildman–Crippen MR) is 102 cm³/mol. The van der Waals surface area contributed by atoms with E-state index in [1.54, 1.807) is 24.7 Å². The molecule has 4 rings (SSSR count). The van der Waals surface area contributed by atoms with Crippen molar-refractivity contribution in [2.75, 3.05) is 5.32 Å². The van der Waals surface area contributed by atoms with Crippen LogP contribution >= 0.6 is 0 Å². The number of rotatable bonds is 4. The van der Waals surface area contributed by atoms with Gasteiger partial charge in [-0.3, -0.25) is 14.9 Å². The summed E-state index contributed by atoms with van der Waals surface area (Å²) in [5, 5.41) is 10.7. The minimum absolute atomic E-state index is 0.192. The van der Waals surface area contributed by atoms with Crippen LogP contribution in [-0.4, -0.2) is 25.7 Å². The number of hydrogen-bond acceptors (Lipinski definition) is 3. The summed E-state index contributed by atoms with van der Waals surface area (Å²) in [7, 11) is 1.99. The zero-order valence-electron chi connectivity index (χ0n) is 14.2. The molecule has 6 heteroatoms. The van der Waals surface area contributed by atoms with Gasteiger partial charge in [-0.2, -0.15) is 5.10 Å². The molecule has 1 aromatic carbocycles. The molecule has 26 heavy (non-hydrogen) atoms. The number of pyridine rings is 1. The number of aromatic nitrogens is 4. The van der Waals surface area contributed by atoms with Gasteiger partial charge < -0.3 is 9.88 Å². The molecule has 128 valence electrons. The van der Waals surface area contributed by atoms with Crippen LogP contribution in [0.4, 0.5) is 5.69 Å². The molecule has 0 saturated carbocycles. The Morgan fingerprint density at radius 2 is 2.15 bits per heavy atom. The molecule has 2 N–H and O–H groups in total. The number of nitrogens with zero attached hydrogens (tertiary/aromatic N) is 3. The number of amides is 1. The summed E-state index contributed by atoms with van der Waals surface area (Å²) in [6.07, 6.45) is 12.2. The molecule has 6 nitrogen and oxygen atoms in total. The van der Waals surface area contributed by atoms with Gasteiger partial charge in [0.25, 0.3) is 0 Å². The Morgan fingerprint density at radius 1 is 1.23 bits per heavy atom. The van der Waals surface area contributed by atoms with Gasteiger partial charge in [-0.05, 0) is 42.0 Å². The minimum Gasteiger partial charge on any atom is -0.351 e. The average Bonchev–Trinajstić information content (AvgIpc) is 3.31. The van der Waals surface area contributed by atoms with Crippen LogP contribution < -0.4 is 5.32 Å². The first-order valence-corrected chi connectivity index (χ1v) is 8.18. The topological polar surface area (TPSA) is 75.6 Å². The summed E-state index contributed by atoms with van der Waals surface area (Å²) < 4.78 is 2.04. The standard InChI is InChI=1S/C20H17N5O/c1-25-9-7-14-10-17(3-4-19(14)25)24-20(26)5-2-15-11-21-8-6-18(15)16-12-22-23-13-16/h2-13H,1H3,(H,22,23)(H,24,26)/b5-2+. The number of aryl methyl sites for hydroxylation is 1. The van der Waals surface area contributed by atoms with Crippen LogP contribution in [0, 0.1) is 0 Å². The Labute approximate surface area is 150 Å². The van der Waals surface area contributed by atoms with Gasteiger partial charge in [-0.25, -0.2) is 0 Å². The zero-order valence-corrected chi connectivity index (χ0v) is 14.2. The van der Waals surface area contributed by atoms with E-state index in [1.807, 2.05) is 54.3 Å². The van der Waals surface area contributed by atoms with E-state index in [2.05, 4.69) is 20.5 Å². The highest BCUT2D eigenvalue weighted by Gasteiger charge is 2.05. The first-order chi connectivity index (χ1) is 12.7. The van der Waals surface area contributed by atoms with Crippen LogP contribution in [0.1, 0.15) is 5.56 Å². The highest BCUT2D eigenvalue weighted by molar-refractivity contribution is 6.03. The van der Waals surface area contributed by atoms with Gasteiger partial charge in [-0.1, -0.05) is 0 Å². The molecule has 0 fully saturated rings. The number of benzene rings is 1. The zero-order chi connectivity index (χ0) is 17.9. The van der Waals surface area contributed by atoms with Crippen molar-refractivity contribution >= 4 is 28.6 Å². The van der Waals surface area contributed by atoms with Gasteiger partial charge in [0, 0.05) is 65.6 Å². The number of nitrogens with one attached hydrogen (secondary N) is 2. The number of H-pyrrole nitrogens is 1. The second-order valence-corrected chi connectivity index (χ2v) is 5.97. The van der Waals surface area contributed by atoms with Crippen molar-refractivity contribution in [1.82, 2.24) is 19.7 Å². The summed E-state index contributed by atoms with van der Waals surface area (Å²) in [6, 6.07) is 9.77. The van der Waals surface area contributed by atoms with Crippen molar-refractivity contribution in [2.45, 2.75) is 0 Å². The third kappa shape index (κ3) is 3.12. The van der Waals surface area contributed by atoms with Crippen LogP contribution in [0.5, 0.6) is 0 Å². The highest BCUT2D eigenvalue weighted by atomic mass is 16.1. The quantitative estimate of drug-likeness (QED) is 0.556. The van der Waals surface area contributed by atoms with Gasteiger partial charge in [0.2, 0.25) is 5.91 Å². The largest absolute Gasteiger partial charge is 0.351 e. The Kier molecular flexibility index (Phi) is 4.07. The van der Waals surface area contributed by atoms with Crippen molar-refractivity contribution < 1.29 is 4.79 Å². The first kappa shape index (κ1) is 15.8. The smallest absolute Gasteiger partial charge is 0.248 e. The van der Waals surface area contributed by atoms with Gasteiger partial charge in [0.15, 0.2) is 0 Å². The van der Waals surface area contributed by atoms with Crippen LogP contribution in [0.15, 0.2) is 67.4 Å². The highest BCUT2D eigenvalue weighted by Crippen LogP contribution is 2.23. The summed E-state index contributed by atoms with van der Waals surface area (Å²) in [6.45, 7) is 0. The SMILES string of the molecule is Cn1ccc2cc(NC(=O)/C=C/c3cnccc3-c3cn[nH]c3)ccc21. The number of carbonyl (C=O) groups is 1. The Morgan fingerprint density at radius 3 is 3.00 bits per heavy atom. The number of anilines is 1. The fraction of sp³-hybridized carbons (Fsp3) is 0.0500. The lowest BCUT2D eigenvalue weighted by Crippen LogP contribution is -2.07. The van der Waals surface area contributed by atoms with Crippen molar-refractivity contribution in [2.24, 2.45) is 7.05 Å². The van der Waals surface area contributed by atoms with Crippen molar-refractivity contribution in [1.29, 1.82) is 0 Å². The van der Waals surface area contributed by atoms with Crippen LogP contribution in [0.3, 0.4) is 0 Å². The normalized spacial score (nSPS) is 11.3. The third-order valence-corrected chi connectivity index (χ3v) is 4.23. The second-order valence-electron chi connectivity index (χ2n) is 5.97. The fourth-order valence-electron chi connectivity index (χ4n) is 2.91. The van der Waals surface area contributed by atoms with Gasteiger partial charge in [-0.15, -0.1) is 0 Å². The van der Waals surface area contributed by atoms with Crippen LogP contribution in [-0.2, 0) is 11.8 Å². The average molecular weight is 343 g/mol. The lowest BCUT2D eigenvalue weighted by molar-refractivity contribution is -0.111. The van der Waals surface area contributed by atoms with E-state index in [1.165, 1.54) is 6.08 Å². The molecule has 4 aromatic rings. The maximum Gasteiger partial charge on any atom is 0.248 e. The molecule has 0 aliphatic rings. The summed E-state index contributed by atoms with van der Waals surface area (Å²) in [5.74, 6) is -0.192. The Balaban J connectivity index is 1.53. The van der Waals surface area contributed by atoms with Crippen LogP contribution in [0.25, 0.3) is 28.1 Å². The van der Waals surface area contributed by atoms with Crippen molar-refractivity contribution in [3.63, 3.8) is 0 Å². The molecule has 3 heterocycles. The van der Waals surface area contributed by atoms with E-state index in [9.17, 15) is 4.79 Å². The van der Waals surface area contributed by atoms with E-state index < -0.39 is 0 Å². The number of fused-ring (bicyclic) bond motifs is 1. The summed E-state index contributed by atoms with van der Waals surface area (Å²) >= 11 is 0. The molecule has 0 spiro atoms. The molecule has 0 radical (unpaired) electrons. The molecule has 0 saturated heterocycles. The molecule has 0 aliphatic carbocycles. The van der Waals surface area contributed by atoms with E-state index in [-0.39, 0.29) is 5.91 Å². The van der Waals surface area contributed by atoms with Gasteiger partial charge in [0.1, 0.15) is 0 Å². The summed E-state index contributed by atoms with van der Waals surface area (Å²) in [5.41, 5.74) is 4.64. The molecule has 0 bridgehead atoms. The van der Waals surface area contributed by atoms with Gasteiger partial charge in [0.05, 0.1) is 6.20 Å². The number of hydrogen-bond donors (Lipinski definition) is 2. The number of carbonyl (C=O) groups excluding carboxylic acids is 1. The molecule has 1 amide bonds. The van der Waals surface area contributed by atoms with E-state index in [0.29, 0.717) is 0 Å². The Bertz CT molecular complexity index is 1090. The lowest BCUT2D eigenvalue weighted by atomic mass is 10.0. The molecular formula is C20H17N5O. The summed E-state index contributed by atoms with van der Waals surface area (Å²) in [4.78, 5) is 16.4. The van der Waals surface area contributed by atoms with Crippen molar-refractivity contribution in [3.05, 3.63) is 73.0 Å². The van der Waals surface area contributed by atoms with Crippen LogP contribution in [0.2, 0.25) is 0 Å². The van der Waals surface area contributed by atoms with E-state index in [0.717, 1.165) is 33.3 Å². The monoisotopic (exact) mass is 343 g/mol. The van der Waals surface area contributed by atoms with Gasteiger partial charge >= 0.3 is 0 Å². The Hall–Kier alpha value is -3.67. The maximum atomic E-state index is 12.3. The second kappa shape index (κ2) is 6.68. The predicted octanol–water partition coefficient (Wildman–Crippen LogP) is 3.62. The third-order valence-electron chi connectivity index (χ3n) is 4.23. The first-order valence-electron chi connectivity index (χ1n) is 8.18. The van der Waals surface area contributed by atoms with E-state index >= 15 is 0 Å². The van der Waals surface area contributed by atoms with E-state index in [4.69, 9.17) is 0 Å². The maximum absolute atomic E-state index is 12.3. The molecule has 0 aliphatic heterocycles. The van der Waals surface area contributed by atoms with Crippen molar-refractivity contribution in [3.8, 4) is 11.1 Å². The molecule has 0 unspecified atom stereocenters. The lowest BCUT2D eigenvalue weighted by Gasteiger charge is -2.04. The molecule has 0 atom stereocenters. The fourth-order valence-corrected chi connectivity index (χ4v) is 2.91.